The lowest BCUT2D eigenvalue weighted by atomic mass is 9.98. The highest BCUT2D eigenvalue weighted by Crippen LogP contribution is 2.38. The van der Waals surface area contributed by atoms with Crippen molar-refractivity contribution in [2.45, 2.75) is 25.8 Å². The molecule has 0 aromatic heterocycles. The standard InChI is InChI=1S/C34H32N4O2/c39-33(36-27-12-6-2-7-13-27)26-16-19-29-30(22-26)37-34(40)31(29)32(25-10-4-1-5-11-25)35-28-17-14-24(15-18-28)23-38-20-8-3-9-21-38/h1-2,4-7,10-19,22,35H,3,8-9,20-21,23H2,(H,36,39)(H,37,40)/b32-31-. The van der Waals surface area contributed by atoms with Crippen molar-refractivity contribution in [2.75, 3.05) is 29.0 Å². The maximum Gasteiger partial charge on any atom is 0.258 e. The molecule has 200 valence electrons. The number of hydrogen-bond donors (Lipinski definition) is 3. The highest BCUT2D eigenvalue weighted by molar-refractivity contribution is 6.37. The lowest BCUT2D eigenvalue weighted by molar-refractivity contribution is -0.110. The van der Waals surface area contributed by atoms with E-state index in [4.69, 9.17) is 0 Å². The van der Waals surface area contributed by atoms with Gasteiger partial charge < -0.3 is 16.0 Å². The van der Waals surface area contributed by atoms with Gasteiger partial charge in [-0.15, -0.1) is 0 Å². The number of amides is 2. The van der Waals surface area contributed by atoms with Crippen LogP contribution in [0.25, 0.3) is 11.3 Å². The van der Waals surface area contributed by atoms with Gasteiger partial charge in [0, 0.05) is 34.7 Å². The fourth-order valence-electron chi connectivity index (χ4n) is 5.38. The first-order valence-electron chi connectivity index (χ1n) is 13.8. The molecule has 0 aliphatic carbocycles. The van der Waals surface area contributed by atoms with E-state index in [1.807, 2.05) is 66.7 Å². The van der Waals surface area contributed by atoms with Gasteiger partial charge in [0.2, 0.25) is 0 Å². The van der Waals surface area contributed by atoms with Crippen molar-refractivity contribution < 1.29 is 9.59 Å². The van der Waals surface area contributed by atoms with E-state index in [1.54, 1.807) is 12.1 Å². The van der Waals surface area contributed by atoms with Gasteiger partial charge in [0.25, 0.3) is 11.8 Å². The number of benzene rings is 4. The minimum absolute atomic E-state index is 0.205. The molecule has 2 heterocycles. The van der Waals surface area contributed by atoms with Crippen LogP contribution in [0.4, 0.5) is 17.1 Å². The molecule has 3 N–H and O–H groups in total. The van der Waals surface area contributed by atoms with Gasteiger partial charge in [0.05, 0.1) is 11.3 Å². The quantitative estimate of drug-likeness (QED) is 0.229. The van der Waals surface area contributed by atoms with Crippen LogP contribution in [-0.4, -0.2) is 29.8 Å². The van der Waals surface area contributed by atoms with Crippen molar-refractivity contribution in [3.63, 3.8) is 0 Å². The molecule has 1 saturated heterocycles. The maximum absolute atomic E-state index is 13.4. The third-order valence-electron chi connectivity index (χ3n) is 7.45. The highest BCUT2D eigenvalue weighted by atomic mass is 16.2. The minimum atomic E-state index is -0.230. The normalized spacial score (nSPS) is 16.1. The van der Waals surface area contributed by atoms with Crippen molar-refractivity contribution in [1.29, 1.82) is 0 Å². The molecule has 0 radical (unpaired) electrons. The first-order chi connectivity index (χ1) is 19.6. The Bertz CT molecular complexity index is 1540. The summed E-state index contributed by atoms with van der Waals surface area (Å²) in [5.74, 6) is -0.435. The summed E-state index contributed by atoms with van der Waals surface area (Å²) in [5.41, 5.74) is 6.94. The Morgan fingerprint density at radius 3 is 2.12 bits per heavy atom. The summed E-state index contributed by atoms with van der Waals surface area (Å²) >= 11 is 0. The number of carbonyl (C=O) groups excluding carboxylic acids is 2. The number of nitrogens with zero attached hydrogens (tertiary/aromatic N) is 1. The molecule has 0 atom stereocenters. The van der Waals surface area contributed by atoms with Gasteiger partial charge in [0.1, 0.15) is 0 Å². The number of para-hydroxylation sites is 1. The molecule has 2 aliphatic heterocycles. The van der Waals surface area contributed by atoms with Gasteiger partial charge in [-0.2, -0.15) is 0 Å². The Kier molecular flexibility index (Phi) is 7.42. The number of likely N-dealkylation sites (tertiary alicyclic amines) is 1. The second-order valence-electron chi connectivity index (χ2n) is 10.3. The van der Waals surface area contributed by atoms with E-state index >= 15 is 0 Å². The molecule has 0 unspecified atom stereocenters. The number of carbonyl (C=O) groups is 2. The zero-order chi connectivity index (χ0) is 27.3. The molecule has 2 aliphatic rings. The fraction of sp³-hybridized carbons (Fsp3) is 0.176. The van der Waals surface area contributed by atoms with Gasteiger partial charge in [-0.25, -0.2) is 0 Å². The van der Waals surface area contributed by atoms with E-state index in [2.05, 4.69) is 45.1 Å². The Labute approximate surface area is 234 Å². The van der Waals surface area contributed by atoms with Crippen LogP contribution in [0, 0.1) is 0 Å². The van der Waals surface area contributed by atoms with Crippen LogP contribution in [0.1, 0.15) is 46.3 Å². The minimum Gasteiger partial charge on any atom is -0.354 e. The van der Waals surface area contributed by atoms with E-state index in [0.29, 0.717) is 16.8 Å². The zero-order valence-electron chi connectivity index (χ0n) is 22.3. The van der Waals surface area contributed by atoms with Crippen LogP contribution >= 0.6 is 0 Å². The van der Waals surface area contributed by atoms with Crippen LogP contribution < -0.4 is 16.0 Å². The Morgan fingerprint density at radius 1 is 0.725 bits per heavy atom. The molecular formula is C34H32N4O2. The Balaban J connectivity index is 1.29. The molecule has 6 rings (SSSR count). The number of hydrogen-bond acceptors (Lipinski definition) is 4. The monoisotopic (exact) mass is 528 g/mol. The summed E-state index contributed by atoms with van der Waals surface area (Å²) in [6, 6.07) is 33.0. The van der Waals surface area contributed by atoms with Crippen molar-refractivity contribution in [3.8, 4) is 0 Å². The van der Waals surface area contributed by atoms with E-state index in [0.717, 1.165) is 47.8 Å². The average molecular weight is 529 g/mol. The zero-order valence-corrected chi connectivity index (χ0v) is 22.3. The molecule has 40 heavy (non-hydrogen) atoms. The SMILES string of the molecule is O=C1Nc2cc(C(=O)Nc3ccccc3)ccc2/C1=C(/Nc1ccc(CN2CCCCC2)cc1)c1ccccc1. The molecule has 2 amide bonds. The van der Waals surface area contributed by atoms with Crippen LogP contribution in [0.5, 0.6) is 0 Å². The van der Waals surface area contributed by atoms with E-state index < -0.39 is 0 Å². The summed E-state index contributed by atoms with van der Waals surface area (Å²) in [7, 11) is 0. The van der Waals surface area contributed by atoms with Crippen LogP contribution in [0.3, 0.4) is 0 Å². The Morgan fingerprint density at radius 2 is 1.40 bits per heavy atom. The summed E-state index contributed by atoms with van der Waals surface area (Å²) in [6.07, 6.45) is 3.88. The molecule has 0 bridgehead atoms. The van der Waals surface area contributed by atoms with Crippen molar-refractivity contribution in [3.05, 3.63) is 125 Å². The van der Waals surface area contributed by atoms with Gasteiger partial charge in [-0.3, -0.25) is 14.5 Å². The second-order valence-corrected chi connectivity index (χ2v) is 10.3. The van der Waals surface area contributed by atoms with Crippen LogP contribution in [0.2, 0.25) is 0 Å². The summed E-state index contributed by atoms with van der Waals surface area (Å²) in [4.78, 5) is 28.8. The van der Waals surface area contributed by atoms with Crippen molar-refractivity contribution in [2.24, 2.45) is 0 Å². The van der Waals surface area contributed by atoms with Crippen molar-refractivity contribution >= 4 is 40.1 Å². The number of anilines is 3. The molecule has 4 aromatic carbocycles. The lowest BCUT2D eigenvalue weighted by Gasteiger charge is -2.26. The molecule has 0 saturated carbocycles. The molecule has 4 aromatic rings. The largest absolute Gasteiger partial charge is 0.354 e. The van der Waals surface area contributed by atoms with Gasteiger partial charge >= 0.3 is 0 Å². The lowest BCUT2D eigenvalue weighted by Crippen LogP contribution is -2.29. The van der Waals surface area contributed by atoms with Crippen LogP contribution in [-0.2, 0) is 11.3 Å². The predicted octanol–water partition coefficient (Wildman–Crippen LogP) is 6.86. The smallest absolute Gasteiger partial charge is 0.258 e. The number of piperidine rings is 1. The van der Waals surface area contributed by atoms with E-state index in [1.165, 1.54) is 24.8 Å². The van der Waals surface area contributed by atoms with E-state index in [-0.39, 0.29) is 11.8 Å². The topological polar surface area (TPSA) is 73.5 Å². The summed E-state index contributed by atoms with van der Waals surface area (Å²) in [6.45, 7) is 3.28. The van der Waals surface area contributed by atoms with Gasteiger partial charge in [-0.1, -0.05) is 73.2 Å². The van der Waals surface area contributed by atoms with Gasteiger partial charge in [0.15, 0.2) is 0 Å². The number of nitrogens with one attached hydrogen (secondary N) is 3. The summed E-state index contributed by atoms with van der Waals surface area (Å²) < 4.78 is 0. The highest BCUT2D eigenvalue weighted by Gasteiger charge is 2.29. The third-order valence-corrected chi connectivity index (χ3v) is 7.45. The van der Waals surface area contributed by atoms with Crippen molar-refractivity contribution in [1.82, 2.24) is 4.90 Å². The fourth-order valence-corrected chi connectivity index (χ4v) is 5.38. The van der Waals surface area contributed by atoms with E-state index in [9.17, 15) is 9.59 Å². The average Bonchev–Trinajstić information content (AvgIpc) is 3.33. The number of rotatable bonds is 7. The predicted molar refractivity (Wildman–Crippen MR) is 162 cm³/mol. The molecule has 1 fully saturated rings. The first kappa shape index (κ1) is 25.6. The molecule has 6 nitrogen and oxygen atoms in total. The molecule has 0 spiro atoms. The third kappa shape index (κ3) is 5.67. The first-order valence-corrected chi connectivity index (χ1v) is 13.8. The maximum atomic E-state index is 13.4. The molecular weight excluding hydrogens is 496 g/mol. The second kappa shape index (κ2) is 11.6. The number of fused-ring (bicyclic) bond motifs is 1. The molecule has 6 heteroatoms. The Hall–Kier alpha value is -4.68. The van der Waals surface area contributed by atoms with Crippen LogP contribution in [0.15, 0.2) is 103 Å². The summed E-state index contributed by atoms with van der Waals surface area (Å²) in [5, 5.41) is 9.41. The van der Waals surface area contributed by atoms with Gasteiger partial charge in [-0.05, 0) is 73.5 Å².